The number of carbonyl (C=O) groups excluding carboxylic acids is 1. The molecule has 1 aliphatic heterocycles. The van der Waals surface area contributed by atoms with Gasteiger partial charge in [-0.25, -0.2) is 4.79 Å². The van der Waals surface area contributed by atoms with Gasteiger partial charge >= 0.3 is 5.97 Å². The van der Waals surface area contributed by atoms with Crippen LogP contribution in [0.15, 0.2) is 49.1 Å². The van der Waals surface area contributed by atoms with Crippen LogP contribution in [0.5, 0.6) is 11.5 Å². The smallest absolute Gasteiger partial charge is 0.326 e. The Morgan fingerprint density at radius 2 is 1.93 bits per heavy atom. The number of carboxylic acids is 1. The summed E-state index contributed by atoms with van der Waals surface area (Å²) in [5.74, 6) is -0.407. The SMILES string of the molecule is C=CCc1cc(C(=O)N2Cc3ccccc3CC2C(=O)O)cc(OC)c1OC. The van der Waals surface area contributed by atoms with E-state index in [2.05, 4.69) is 6.58 Å². The Morgan fingerprint density at radius 3 is 2.54 bits per heavy atom. The summed E-state index contributed by atoms with van der Waals surface area (Å²) in [6.45, 7) is 3.99. The highest BCUT2D eigenvalue weighted by atomic mass is 16.5. The van der Waals surface area contributed by atoms with Gasteiger partial charge in [-0.3, -0.25) is 4.79 Å². The molecule has 0 spiro atoms. The Morgan fingerprint density at radius 1 is 1.21 bits per heavy atom. The van der Waals surface area contributed by atoms with Gasteiger partial charge < -0.3 is 19.5 Å². The van der Waals surface area contributed by atoms with Crippen LogP contribution in [-0.2, 0) is 24.2 Å². The van der Waals surface area contributed by atoms with Gasteiger partial charge in [-0.15, -0.1) is 6.58 Å². The van der Waals surface area contributed by atoms with Crippen LogP contribution in [0.3, 0.4) is 0 Å². The van der Waals surface area contributed by atoms with Gasteiger partial charge in [0.25, 0.3) is 5.91 Å². The molecule has 3 rings (SSSR count). The summed E-state index contributed by atoms with van der Waals surface area (Å²) >= 11 is 0. The first kappa shape index (κ1) is 19.5. The number of allylic oxidation sites excluding steroid dienone is 1. The van der Waals surface area contributed by atoms with Gasteiger partial charge in [0, 0.05) is 24.1 Å². The molecule has 1 aliphatic rings. The minimum Gasteiger partial charge on any atom is -0.493 e. The lowest BCUT2D eigenvalue weighted by Gasteiger charge is -2.34. The maximum Gasteiger partial charge on any atom is 0.326 e. The molecule has 146 valence electrons. The molecule has 1 N–H and O–H groups in total. The molecule has 2 aromatic carbocycles. The van der Waals surface area contributed by atoms with Crippen molar-refractivity contribution in [1.29, 1.82) is 0 Å². The number of carboxylic acid groups (broad SMARTS) is 1. The average Bonchev–Trinajstić information content (AvgIpc) is 2.71. The first-order valence-corrected chi connectivity index (χ1v) is 8.96. The second-order valence-corrected chi connectivity index (χ2v) is 6.62. The predicted octanol–water partition coefficient (Wildman–Crippen LogP) is 3.08. The van der Waals surface area contributed by atoms with Crippen molar-refractivity contribution >= 4 is 11.9 Å². The van der Waals surface area contributed by atoms with Crippen LogP contribution < -0.4 is 9.47 Å². The molecule has 6 heteroatoms. The van der Waals surface area contributed by atoms with Gasteiger partial charge in [-0.2, -0.15) is 0 Å². The van der Waals surface area contributed by atoms with Crippen molar-refractivity contribution in [2.24, 2.45) is 0 Å². The highest BCUT2D eigenvalue weighted by Gasteiger charge is 2.35. The topological polar surface area (TPSA) is 76.1 Å². The third-order valence-electron chi connectivity index (χ3n) is 4.96. The summed E-state index contributed by atoms with van der Waals surface area (Å²) in [7, 11) is 3.04. The van der Waals surface area contributed by atoms with Gasteiger partial charge in [-0.1, -0.05) is 30.3 Å². The van der Waals surface area contributed by atoms with Gasteiger partial charge in [0.2, 0.25) is 0 Å². The van der Waals surface area contributed by atoms with Crippen molar-refractivity contribution in [2.45, 2.75) is 25.4 Å². The van der Waals surface area contributed by atoms with Crippen molar-refractivity contribution in [3.8, 4) is 11.5 Å². The molecule has 0 saturated heterocycles. The van der Waals surface area contributed by atoms with Gasteiger partial charge in [0.15, 0.2) is 11.5 Å². The standard InChI is InChI=1S/C22H23NO5/c1-4-7-15-10-17(12-19(27-2)20(15)28-3)21(24)23-13-16-9-6-5-8-14(16)11-18(23)22(25)26/h4-6,8-10,12,18H,1,7,11,13H2,2-3H3,(H,25,26). The Bertz CT molecular complexity index is 921. The summed E-state index contributed by atoms with van der Waals surface area (Å²) in [5, 5.41) is 9.70. The van der Waals surface area contributed by atoms with Gasteiger partial charge in [0.1, 0.15) is 6.04 Å². The zero-order valence-corrected chi connectivity index (χ0v) is 16.0. The van der Waals surface area contributed by atoms with Crippen LogP contribution in [-0.4, -0.2) is 42.1 Å². The Kier molecular flexibility index (Phi) is 5.68. The Labute approximate surface area is 164 Å². The number of hydrogen-bond acceptors (Lipinski definition) is 4. The number of ether oxygens (including phenoxy) is 2. The van der Waals surface area contributed by atoms with Crippen molar-refractivity contribution in [2.75, 3.05) is 14.2 Å². The summed E-state index contributed by atoms with van der Waals surface area (Å²) in [6, 6.07) is 9.99. The quantitative estimate of drug-likeness (QED) is 0.778. The normalized spacial score (nSPS) is 15.5. The van der Waals surface area contributed by atoms with Crippen molar-refractivity contribution in [3.63, 3.8) is 0 Å². The summed E-state index contributed by atoms with van der Waals surface area (Å²) < 4.78 is 10.8. The van der Waals surface area contributed by atoms with Crippen LogP contribution in [0.25, 0.3) is 0 Å². The van der Waals surface area contributed by atoms with Crippen molar-refractivity contribution in [1.82, 2.24) is 4.90 Å². The largest absolute Gasteiger partial charge is 0.493 e. The van der Waals surface area contributed by atoms with Crippen molar-refractivity contribution < 1.29 is 24.2 Å². The molecule has 28 heavy (non-hydrogen) atoms. The molecule has 0 aliphatic carbocycles. The summed E-state index contributed by atoms with van der Waals surface area (Å²) in [6.07, 6.45) is 2.48. The minimum atomic E-state index is -1.02. The minimum absolute atomic E-state index is 0.247. The fourth-order valence-corrected chi connectivity index (χ4v) is 3.60. The second kappa shape index (κ2) is 8.17. The molecular formula is C22H23NO5. The number of nitrogens with zero attached hydrogens (tertiary/aromatic N) is 1. The van der Waals surface area contributed by atoms with Gasteiger partial charge in [-0.05, 0) is 29.7 Å². The number of carbonyl (C=O) groups is 2. The zero-order valence-electron chi connectivity index (χ0n) is 16.0. The number of amides is 1. The number of hydrogen-bond donors (Lipinski definition) is 1. The molecule has 6 nitrogen and oxygen atoms in total. The fourth-order valence-electron chi connectivity index (χ4n) is 3.60. The Hall–Kier alpha value is -3.28. The lowest BCUT2D eigenvalue weighted by molar-refractivity contribution is -0.142. The molecule has 1 amide bonds. The lowest BCUT2D eigenvalue weighted by atomic mass is 9.93. The van der Waals surface area contributed by atoms with E-state index in [1.54, 1.807) is 18.2 Å². The lowest BCUT2D eigenvalue weighted by Crippen LogP contribution is -2.48. The third kappa shape index (κ3) is 3.58. The van der Waals surface area contributed by atoms with E-state index in [0.29, 0.717) is 23.5 Å². The summed E-state index contributed by atoms with van der Waals surface area (Å²) in [4.78, 5) is 26.5. The number of benzene rings is 2. The summed E-state index contributed by atoms with van der Waals surface area (Å²) in [5.41, 5.74) is 3.03. The molecular weight excluding hydrogens is 358 g/mol. The molecule has 1 atom stereocenters. The van der Waals surface area contributed by atoms with Crippen molar-refractivity contribution in [3.05, 3.63) is 71.3 Å². The molecule has 2 aromatic rings. The molecule has 1 unspecified atom stereocenters. The zero-order chi connectivity index (χ0) is 20.3. The molecule has 0 saturated carbocycles. The highest BCUT2D eigenvalue weighted by Crippen LogP contribution is 2.34. The molecule has 0 bridgehead atoms. The number of rotatable bonds is 6. The van der Waals surface area contributed by atoms with E-state index in [1.165, 1.54) is 19.1 Å². The van der Waals surface area contributed by atoms with Crippen LogP contribution in [0, 0.1) is 0 Å². The fraction of sp³-hybridized carbons (Fsp3) is 0.273. The van der Waals surface area contributed by atoms with E-state index in [0.717, 1.165) is 16.7 Å². The van der Waals surface area contributed by atoms with E-state index in [-0.39, 0.29) is 18.9 Å². The average molecular weight is 381 g/mol. The van der Waals surface area contributed by atoms with Crippen LogP contribution >= 0.6 is 0 Å². The molecule has 0 radical (unpaired) electrons. The predicted molar refractivity (Wildman–Crippen MR) is 105 cm³/mol. The second-order valence-electron chi connectivity index (χ2n) is 6.62. The monoisotopic (exact) mass is 381 g/mol. The molecule has 1 heterocycles. The van der Waals surface area contributed by atoms with E-state index in [9.17, 15) is 14.7 Å². The van der Waals surface area contributed by atoms with Crippen LogP contribution in [0.2, 0.25) is 0 Å². The first-order valence-electron chi connectivity index (χ1n) is 8.96. The first-order chi connectivity index (χ1) is 13.5. The molecule has 0 fully saturated rings. The highest BCUT2D eigenvalue weighted by molar-refractivity contribution is 5.98. The van der Waals surface area contributed by atoms with Gasteiger partial charge in [0.05, 0.1) is 14.2 Å². The maximum atomic E-state index is 13.3. The maximum absolute atomic E-state index is 13.3. The number of methoxy groups -OCH3 is 2. The van der Waals surface area contributed by atoms with E-state index in [1.807, 2.05) is 24.3 Å². The van der Waals surface area contributed by atoms with E-state index in [4.69, 9.17) is 9.47 Å². The van der Waals surface area contributed by atoms with Crippen LogP contribution in [0.1, 0.15) is 27.0 Å². The van der Waals surface area contributed by atoms with E-state index < -0.39 is 12.0 Å². The molecule has 0 aromatic heterocycles. The Balaban J connectivity index is 2.03. The number of aliphatic carboxylic acids is 1. The van der Waals surface area contributed by atoms with Crippen LogP contribution in [0.4, 0.5) is 0 Å². The third-order valence-corrected chi connectivity index (χ3v) is 4.96. The van der Waals surface area contributed by atoms with E-state index >= 15 is 0 Å². The number of fused-ring (bicyclic) bond motifs is 1.